The number of ether oxygens (including phenoxy) is 3. The van der Waals surface area contributed by atoms with Gasteiger partial charge in [0.1, 0.15) is 42.4 Å². The number of nitrogens with zero attached hydrogens (tertiary/aromatic N) is 5. The van der Waals surface area contributed by atoms with Crippen LogP contribution in [-0.4, -0.2) is 103 Å². The molecule has 2 fully saturated rings. The lowest BCUT2D eigenvalue weighted by Gasteiger charge is -2.51. The van der Waals surface area contributed by atoms with Crippen LogP contribution in [-0.2, 0) is 19.1 Å². The number of carbonyl (C=O) groups is 4. The first-order valence-electron chi connectivity index (χ1n) is 20.3. The number of fused-ring (bicyclic) bond motifs is 6. The van der Waals surface area contributed by atoms with E-state index in [-0.39, 0.29) is 46.7 Å². The smallest absolute Gasteiger partial charge is 0.410 e. The molecule has 59 heavy (non-hydrogen) atoms. The molecule has 0 aromatic heterocycles. The second-order valence-electron chi connectivity index (χ2n) is 18.2. The van der Waals surface area contributed by atoms with Gasteiger partial charge in [-0.25, -0.2) is 15.6 Å². The molecule has 0 spiro atoms. The predicted octanol–water partition coefficient (Wildman–Crippen LogP) is 5.22. The van der Waals surface area contributed by atoms with Gasteiger partial charge in [-0.15, -0.1) is 0 Å². The van der Waals surface area contributed by atoms with Gasteiger partial charge in [-0.2, -0.15) is 10.2 Å². The van der Waals surface area contributed by atoms with Crippen molar-refractivity contribution in [2.75, 3.05) is 49.2 Å². The van der Waals surface area contributed by atoms with Crippen LogP contribution in [0.5, 0.6) is 11.5 Å². The summed E-state index contributed by atoms with van der Waals surface area (Å²) >= 11 is 0. The number of rotatable bonds is 4. The van der Waals surface area contributed by atoms with E-state index in [2.05, 4.69) is 86.1 Å². The summed E-state index contributed by atoms with van der Waals surface area (Å²) in [5.74, 6) is 2.64. The normalized spacial score (nSPS) is 22.8. The summed E-state index contributed by atoms with van der Waals surface area (Å²) < 4.78 is 17.3. The van der Waals surface area contributed by atoms with Crippen LogP contribution in [0.4, 0.5) is 16.2 Å². The Labute approximate surface area is 346 Å². The van der Waals surface area contributed by atoms with Crippen LogP contribution in [0.3, 0.4) is 0 Å². The lowest BCUT2D eigenvalue weighted by molar-refractivity contribution is -0.134. The van der Waals surface area contributed by atoms with Gasteiger partial charge in [-0.3, -0.25) is 14.4 Å². The zero-order valence-electron chi connectivity index (χ0n) is 36.4. The lowest BCUT2D eigenvalue weighted by atomic mass is 9.68. The molecule has 8 rings (SSSR count). The number of amides is 3. The van der Waals surface area contributed by atoms with Crippen molar-refractivity contribution in [1.82, 2.24) is 21.1 Å². The maximum absolute atomic E-state index is 12.4. The molecule has 6 heterocycles. The molecule has 4 N–H and O–H groups in total. The fourth-order valence-electron chi connectivity index (χ4n) is 8.44. The van der Waals surface area contributed by atoms with Gasteiger partial charge in [-0.1, -0.05) is 27.7 Å². The van der Waals surface area contributed by atoms with E-state index >= 15 is 0 Å². The Hall–Kier alpha value is -5.38. The third-order valence-corrected chi connectivity index (χ3v) is 12.4. The minimum Gasteiger partial charge on any atom is -0.483 e. The highest BCUT2D eigenvalue weighted by atomic mass is 16.6. The first-order chi connectivity index (χ1) is 27.5. The maximum atomic E-state index is 12.4. The molecule has 16 heteroatoms. The molecule has 0 radical (unpaired) electrons. The number of carbonyl (C=O) groups excluding carboxylic acids is 3. The number of anilines is 2. The van der Waals surface area contributed by atoms with Crippen molar-refractivity contribution in [1.29, 1.82) is 0 Å². The van der Waals surface area contributed by atoms with Crippen LogP contribution in [0.25, 0.3) is 0 Å². The Kier molecular flexibility index (Phi) is 11.7. The molecule has 4 atom stereocenters. The molecular weight excluding hydrogens is 757 g/mol. The van der Waals surface area contributed by atoms with Crippen LogP contribution in [0.1, 0.15) is 103 Å². The second-order valence-corrected chi connectivity index (χ2v) is 18.2. The Morgan fingerprint density at radius 1 is 0.814 bits per heavy atom. The number of benzene rings is 2. The van der Waals surface area contributed by atoms with Crippen molar-refractivity contribution in [3.05, 3.63) is 46.5 Å². The van der Waals surface area contributed by atoms with E-state index in [4.69, 9.17) is 24.1 Å². The van der Waals surface area contributed by atoms with E-state index < -0.39 is 11.6 Å². The fraction of sp³-hybridized carbons (Fsp3) is 0.581. The van der Waals surface area contributed by atoms with E-state index in [1.54, 1.807) is 4.90 Å². The van der Waals surface area contributed by atoms with Crippen molar-refractivity contribution < 1.29 is 38.5 Å². The standard InChI is InChI=1S/C23H32N4O4.C18H24N4O2.C2H4O2/c1-13-8-18-17(27-15(3)20(28)25-24-19(27)10-30-18)9-16(13)14(2)23(7)11-26(12-23)21(29)31-22(4,5)6;1-10-5-15-14(6-13(10)11(2)18(4)8-19-9-18)22-12(3)17(23)21-20-16(22)7-24-15;1-2(3)4/h8-9,14-15H,10-12H2,1-7H3,(H,25,28);5-6,11-12,19H,7-9H2,1-4H3,(H,21,23);1H3,(H,3,4)/t14-,15+;11-,12+;/m00./s1. The summed E-state index contributed by atoms with van der Waals surface area (Å²) in [5.41, 5.74) is 11.5. The summed E-state index contributed by atoms with van der Waals surface area (Å²) in [7, 11) is 0. The number of likely N-dealkylation sites (tertiary alicyclic amines) is 1. The van der Waals surface area contributed by atoms with Gasteiger partial charge in [0, 0.05) is 38.5 Å². The van der Waals surface area contributed by atoms with Gasteiger partial charge in [-0.05, 0) is 112 Å². The van der Waals surface area contributed by atoms with Crippen molar-refractivity contribution >= 4 is 46.9 Å². The third kappa shape index (κ3) is 8.54. The Morgan fingerprint density at radius 2 is 1.22 bits per heavy atom. The van der Waals surface area contributed by atoms with Crippen LogP contribution < -0.4 is 35.4 Å². The van der Waals surface area contributed by atoms with Crippen LogP contribution in [0, 0.1) is 24.7 Å². The summed E-state index contributed by atoms with van der Waals surface area (Å²) in [6.45, 7) is 27.8. The van der Waals surface area contributed by atoms with Crippen LogP contribution >= 0.6 is 0 Å². The van der Waals surface area contributed by atoms with Crippen molar-refractivity contribution in [2.45, 2.75) is 113 Å². The van der Waals surface area contributed by atoms with Gasteiger partial charge < -0.3 is 39.3 Å². The van der Waals surface area contributed by atoms with E-state index in [0.29, 0.717) is 38.1 Å². The Bertz CT molecular complexity index is 2080. The molecule has 2 saturated heterocycles. The van der Waals surface area contributed by atoms with Gasteiger partial charge in [0.2, 0.25) is 0 Å². The molecule has 16 nitrogen and oxygen atoms in total. The van der Waals surface area contributed by atoms with Gasteiger partial charge in [0.05, 0.1) is 11.4 Å². The van der Waals surface area contributed by atoms with E-state index in [9.17, 15) is 14.4 Å². The molecule has 6 aliphatic rings. The highest BCUT2D eigenvalue weighted by Gasteiger charge is 2.48. The number of carboxylic acid groups (broad SMARTS) is 1. The topological polar surface area (TPSA) is 187 Å². The largest absolute Gasteiger partial charge is 0.483 e. The van der Waals surface area contributed by atoms with Crippen molar-refractivity contribution in [3.63, 3.8) is 0 Å². The first-order valence-corrected chi connectivity index (χ1v) is 20.3. The molecule has 0 saturated carbocycles. The highest BCUT2D eigenvalue weighted by Crippen LogP contribution is 2.48. The van der Waals surface area contributed by atoms with E-state index in [1.807, 2.05) is 50.5 Å². The minimum atomic E-state index is -0.833. The molecule has 2 aromatic rings. The zero-order valence-corrected chi connectivity index (χ0v) is 36.4. The van der Waals surface area contributed by atoms with Crippen LogP contribution in [0.15, 0.2) is 34.5 Å². The predicted molar refractivity (Wildman–Crippen MR) is 225 cm³/mol. The van der Waals surface area contributed by atoms with Crippen LogP contribution in [0.2, 0.25) is 0 Å². The summed E-state index contributed by atoms with van der Waals surface area (Å²) in [6.07, 6.45) is -0.262. The molecule has 320 valence electrons. The molecule has 0 aliphatic carbocycles. The Morgan fingerprint density at radius 3 is 1.59 bits per heavy atom. The molecule has 6 aliphatic heterocycles. The summed E-state index contributed by atoms with van der Waals surface area (Å²) in [6, 6.07) is 7.83. The van der Waals surface area contributed by atoms with Crippen molar-refractivity contribution in [2.24, 2.45) is 21.0 Å². The molecule has 0 bridgehead atoms. The van der Waals surface area contributed by atoms with Gasteiger partial charge >= 0.3 is 6.09 Å². The molecule has 2 aromatic carbocycles. The Balaban J connectivity index is 0.000000187. The zero-order chi connectivity index (χ0) is 43.4. The number of nitrogens with one attached hydrogen (secondary N) is 3. The average Bonchev–Trinajstić information content (AvgIpc) is 3.13. The second kappa shape index (κ2) is 16.0. The van der Waals surface area contributed by atoms with E-state index in [1.165, 1.54) is 16.7 Å². The average molecular weight is 817 g/mol. The highest BCUT2D eigenvalue weighted by molar-refractivity contribution is 6.10. The van der Waals surface area contributed by atoms with Gasteiger partial charge in [0.25, 0.3) is 17.8 Å². The number of hydrazone groups is 2. The molecular formula is C43H60N8O8. The third-order valence-electron chi connectivity index (χ3n) is 12.4. The molecule has 3 amide bonds. The number of amidine groups is 2. The quantitative estimate of drug-likeness (QED) is 0.317. The number of aryl methyl sites for hydroxylation is 2. The number of hydrogen-bond acceptors (Lipinski definition) is 12. The summed E-state index contributed by atoms with van der Waals surface area (Å²) in [4.78, 5) is 51.4. The lowest BCUT2D eigenvalue weighted by Crippen LogP contribution is -2.60. The number of carboxylic acids is 1. The van der Waals surface area contributed by atoms with E-state index in [0.717, 1.165) is 54.3 Å². The van der Waals surface area contributed by atoms with Crippen molar-refractivity contribution in [3.8, 4) is 11.5 Å². The maximum Gasteiger partial charge on any atom is 0.410 e. The number of aliphatic carboxylic acids is 1. The monoisotopic (exact) mass is 816 g/mol. The SMILES string of the molecule is CC(=O)O.Cc1cc2c(cc1[C@H](C)C1(C)CN(C(=O)OC(C)(C)C)C1)N1C(=NNC(=O)[C@H]1C)CO2.Cc1cc2c(cc1[C@H](C)C1(C)CNC1)N1C(=NNC(=O)[C@H]1C)CO2. The minimum absolute atomic E-state index is 0.0623. The first kappa shape index (κ1) is 43.2. The van der Waals surface area contributed by atoms with Gasteiger partial charge in [0.15, 0.2) is 11.7 Å². The summed E-state index contributed by atoms with van der Waals surface area (Å²) in [5, 5.41) is 19.1. The molecule has 0 unspecified atom stereocenters. The number of hydrogen-bond donors (Lipinski definition) is 4. The fourth-order valence-corrected chi connectivity index (χ4v) is 8.44.